The molecule has 1 aromatic heterocycles. The molecule has 0 bridgehead atoms. The van der Waals surface area contributed by atoms with E-state index in [1.807, 2.05) is 20.8 Å². The van der Waals surface area contributed by atoms with Crippen molar-refractivity contribution in [3.05, 3.63) is 22.6 Å². The quantitative estimate of drug-likeness (QED) is 0.863. The monoisotopic (exact) mass is 294 g/mol. The minimum Gasteiger partial charge on any atom is -0.463 e. The second kappa shape index (κ2) is 5.05. The summed E-state index contributed by atoms with van der Waals surface area (Å²) in [6, 6.07) is 0. The minimum atomic E-state index is -0.492. The second-order valence-electron chi connectivity index (χ2n) is 7.60. The van der Waals surface area contributed by atoms with Crippen LogP contribution in [0.3, 0.4) is 0 Å². The number of ether oxygens (including phenoxy) is 1. The van der Waals surface area contributed by atoms with Crippen LogP contribution in [0.4, 0.5) is 4.79 Å². The van der Waals surface area contributed by atoms with E-state index in [1.54, 1.807) is 4.90 Å². The fourth-order valence-corrected chi connectivity index (χ4v) is 2.56. The number of furan rings is 1. The van der Waals surface area contributed by atoms with Gasteiger partial charge < -0.3 is 14.9 Å². The van der Waals surface area contributed by atoms with Crippen LogP contribution in [0.1, 0.15) is 64.2 Å². The van der Waals surface area contributed by atoms with Gasteiger partial charge in [0.15, 0.2) is 0 Å². The number of nitrogens with zero attached hydrogens (tertiary/aromatic N) is 1. The number of carbonyl (C=O) groups is 1. The highest BCUT2D eigenvalue weighted by Gasteiger charge is 2.35. The Labute approximate surface area is 126 Å². The maximum atomic E-state index is 12.1. The fraction of sp³-hybridized carbons (Fsp3) is 0.688. The van der Waals surface area contributed by atoms with Crippen LogP contribution in [0.5, 0.6) is 0 Å². The number of fused-ring (bicyclic) bond motifs is 1. The third-order valence-corrected chi connectivity index (χ3v) is 3.42. The van der Waals surface area contributed by atoms with Gasteiger partial charge in [-0.15, -0.1) is 0 Å². The highest BCUT2D eigenvalue weighted by Crippen LogP contribution is 2.37. The largest absolute Gasteiger partial charge is 0.463 e. The molecule has 0 fully saturated rings. The zero-order chi connectivity index (χ0) is 16.0. The zero-order valence-corrected chi connectivity index (χ0v) is 13.9. The van der Waals surface area contributed by atoms with Crippen LogP contribution in [0.25, 0.3) is 0 Å². The van der Waals surface area contributed by atoms with Crippen molar-refractivity contribution in [2.45, 2.75) is 72.2 Å². The van der Waals surface area contributed by atoms with Crippen molar-refractivity contribution in [2.24, 2.45) is 5.73 Å². The predicted octanol–water partition coefficient (Wildman–Crippen LogP) is 3.29. The number of hydrogen-bond donors (Lipinski definition) is 1. The van der Waals surface area contributed by atoms with Crippen LogP contribution in [0.15, 0.2) is 4.42 Å². The molecule has 118 valence electrons. The molecule has 0 saturated carbocycles. The molecule has 2 heterocycles. The van der Waals surface area contributed by atoms with Crippen LogP contribution in [-0.4, -0.2) is 16.6 Å². The zero-order valence-electron chi connectivity index (χ0n) is 13.9. The molecule has 0 spiro atoms. The average Bonchev–Trinajstić information content (AvgIpc) is 2.81. The van der Waals surface area contributed by atoms with Gasteiger partial charge in [-0.2, -0.15) is 0 Å². The van der Waals surface area contributed by atoms with Crippen LogP contribution in [0.2, 0.25) is 0 Å². The maximum absolute atomic E-state index is 12.1. The standard InChI is InChI=1S/C16H26N2O3/c1-15(2,3)13-10(7-17)11-8-18(9-12(11)20-13)14(19)21-16(4,5)6/h7-9,17H2,1-6H3. The Balaban J connectivity index is 2.21. The molecule has 0 aliphatic carbocycles. The lowest BCUT2D eigenvalue weighted by Crippen LogP contribution is -2.33. The third kappa shape index (κ3) is 3.23. The van der Waals surface area contributed by atoms with Crippen LogP contribution < -0.4 is 5.73 Å². The lowest BCUT2D eigenvalue weighted by atomic mass is 9.89. The van der Waals surface area contributed by atoms with Gasteiger partial charge in [0.2, 0.25) is 0 Å². The third-order valence-electron chi connectivity index (χ3n) is 3.42. The Morgan fingerprint density at radius 2 is 1.86 bits per heavy atom. The minimum absolute atomic E-state index is 0.0875. The second-order valence-corrected chi connectivity index (χ2v) is 7.60. The van der Waals surface area contributed by atoms with E-state index >= 15 is 0 Å². The molecule has 2 rings (SSSR count). The molecule has 0 aromatic carbocycles. The molecule has 1 aromatic rings. The normalized spacial score (nSPS) is 15.3. The van der Waals surface area contributed by atoms with Crippen LogP contribution in [0, 0.1) is 0 Å². The first kappa shape index (κ1) is 15.9. The Hall–Kier alpha value is -1.49. The summed E-state index contributed by atoms with van der Waals surface area (Å²) in [6.45, 7) is 13.3. The Morgan fingerprint density at radius 1 is 1.24 bits per heavy atom. The highest BCUT2D eigenvalue weighted by atomic mass is 16.6. The van der Waals surface area contributed by atoms with Gasteiger partial charge in [0.25, 0.3) is 0 Å². The SMILES string of the molecule is CC(C)(C)OC(=O)N1Cc2oc(C(C)(C)C)c(CN)c2C1. The molecule has 0 atom stereocenters. The van der Waals surface area contributed by atoms with Gasteiger partial charge in [-0.1, -0.05) is 20.8 Å². The Bertz CT molecular complexity index is 547. The van der Waals surface area contributed by atoms with E-state index in [4.69, 9.17) is 14.9 Å². The van der Waals surface area contributed by atoms with Gasteiger partial charge in [-0.05, 0) is 20.8 Å². The molecular weight excluding hydrogens is 268 g/mol. The van der Waals surface area contributed by atoms with E-state index in [2.05, 4.69) is 20.8 Å². The molecule has 21 heavy (non-hydrogen) atoms. The summed E-state index contributed by atoms with van der Waals surface area (Å²) in [5.74, 6) is 1.77. The molecule has 0 unspecified atom stereocenters. The summed E-state index contributed by atoms with van der Waals surface area (Å²) >= 11 is 0. The summed E-state index contributed by atoms with van der Waals surface area (Å²) in [7, 11) is 0. The maximum Gasteiger partial charge on any atom is 0.411 e. The van der Waals surface area contributed by atoms with Crippen LogP contribution >= 0.6 is 0 Å². The van der Waals surface area contributed by atoms with E-state index in [-0.39, 0.29) is 11.5 Å². The number of hydrogen-bond acceptors (Lipinski definition) is 4. The molecular formula is C16H26N2O3. The molecule has 1 amide bonds. The van der Waals surface area contributed by atoms with Crippen molar-refractivity contribution in [2.75, 3.05) is 0 Å². The molecule has 1 aliphatic heterocycles. The molecule has 5 nitrogen and oxygen atoms in total. The first-order chi connectivity index (χ1) is 9.53. The van der Waals surface area contributed by atoms with Crippen molar-refractivity contribution in [1.82, 2.24) is 4.90 Å². The number of carbonyl (C=O) groups excluding carboxylic acids is 1. The smallest absolute Gasteiger partial charge is 0.411 e. The van der Waals surface area contributed by atoms with Gasteiger partial charge in [0.05, 0.1) is 13.1 Å². The Kier molecular flexibility index (Phi) is 3.82. The van der Waals surface area contributed by atoms with Crippen LogP contribution in [-0.2, 0) is 29.8 Å². The summed E-state index contributed by atoms with van der Waals surface area (Å²) in [5.41, 5.74) is 7.39. The first-order valence-electron chi connectivity index (χ1n) is 7.35. The Morgan fingerprint density at radius 3 is 2.33 bits per heavy atom. The van der Waals surface area contributed by atoms with Gasteiger partial charge in [0, 0.05) is 23.1 Å². The summed E-state index contributed by atoms with van der Waals surface area (Å²) < 4.78 is 11.4. The van der Waals surface area contributed by atoms with E-state index in [0.29, 0.717) is 19.6 Å². The van der Waals surface area contributed by atoms with E-state index < -0.39 is 5.60 Å². The number of nitrogens with two attached hydrogens (primary N) is 1. The molecule has 0 radical (unpaired) electrons. The molecule has 5 heteroatoms. The molecule has 0 saturated heterocycles. The van der Waals surface area contributed by atoms with E-state index in [9.17, 15) is 4.79 Å². The van der Waals surface area contributed by atoms with Crippen molar-refractivity contribution in [1.29, 1.82) is 0 Å². The predicted molar refractivity (Wildman–Crippen MR) is 80.8 cm³/mol. The van der Waals surface area contributed by atoms with Crippen molar-refractivity contribution in [3.63, 3.8) is 0 Å². The molecule has 1 aliphatic rings. The van der Waals surface area contributed by atoms with Crippen molar-refractivity contribution < 1.29 is 13.9 Å². The average molecular weight is 294 g/mol. The van der Waals surface area contributed by atoms with E-state index in [1.165, 1.54) is 0 Å². The lowest BCUT2D eigenvalue weighted by molar-refractivity contribution is 0.0232. The van der Waals surface area contributed by atoms with Gasteiger partial charge in [-0.25, -0.2) is 4.79 Å². The van der Waals surface area contributed by atoms with Crippen molar-refractivity contribution in [3.8, 4) is 0 Å². The topological polar surface area (TPSA) is 68.7 Å². The first-order valence-corrected chi connectivity index (χ1v) is 7.35. The highest BCUT2D eigenvalue weighted by molar-refractivity contribution is 5.69. The van der Waals surface area contributed by atoms with Gasteiger partial charge in [0.1, 0.15) is 17.1 Å². The summed E-state index contributed by atoms with van der Waals surface area (Å²) in [6.07, 6.45) is -0.311. The number of amides is 1. The lowest BCUT2D eigenvalue weighted by Gasteiger charge is -2.24. The molecule has 2 N–H and O–H groups in total. The van der Waals surface area contributed by atoms with Crippen molar-refractivity contribution >= 4 is 6.09 Å². The van der Waals surface area contributed by atoms with Gasteiger partial charge in [-0.3, -0.25) is 4.90 Å². The number of rotatable bonds is 1. The fourth-order valence-electron chi connectivity index (χ4n) is 2.56. The summed E-state index contributed by atoms with van der Waals surface area (Å²) in [5, 5.41) is 0. The van der Waals surface area contributed by atoms with Gasteiger partial charge >= 0.3 is 6.09 Å². The summed E-state index contributed by atoms with van der Waals surface area (Å²) in [4.78, 5) is 13.8. The van der Waals surface area contributed by atoms with E-state index in [0.717, 1.165) is 22.6 Å².